The molecule has 0 aromatic carbocycles. The van der Waals surface area contributed by atoms with Crippen molar-refractivity contribution in [1.29, 1.82) is 0 Å². The molecule has 0 saturated heterocycles. The topological polar surface area (TPSA) is 35.5 Å². The van der Waals surface area contributed by atoms with E-state index in [9.17, 15) is 4.57 Å². The van der Waals surface area contributed by atoms with Crippen molar-refractivity contribution in [3.63, 3.8) is 0 Å². The average Bonchev–Trinajstić information content (AvgIpc) is 2.70. The van der Waals surface area contributed by atoms with Gasteiger partial charge in [0.2, 0.25) is 0 Å². The van der Waals surface area contributed by atoms with Crippen LogP contribution in [0.25, 0.3) is 0 Å². The van der Waals surface area contributed by atoms with E-state index in [-0.39, 0.29) is 5.66 Å². The summed E-state index contributed by atoms with van der Waals surface area (Å²) in [5.41, 5.74) is 0.185. The van der Waals surface area contributed by atoms with Crippen LogP contribution in [-0.2, 0) is 13.0 Å². The molecule has 0 unspecified atom stereocenters. The van der Waals surface area contributed by atoms with Crippen molar-refractivity contribution in [1.82, 2.24) is 0 Å². The molecule has 3 atom stereocenters. The van der Waals surface area contributed by atoms with Crippen LogP contribution in [-0.4, -0.2) is 22.3 Å². The summed E-state index contributed by atoms with van der Waals surface area (Å²) in [6.45, 7) is 12.7. The molecule has 0 aromatic heterocycles. The number of hydrogen-bond donors (Lipinski definition) is 0. The van der Waals surface area contributed by atoms with Gasteiger partial charge in [0.15, 0.2) is 16.6 Å². The minimum Gasteiger partial charge on any atom is -0.351 e. The maximum atomic E-state index is 13.5. The first-order chi connectivity index (χ1) is 8.49. The van der Waals surface area contributed by atoms with Crippen LogP contribution in [0.1, 0.15) is 25.7 Å². The van der Waals surface area contributed by atoms with E-state index in [1.165, 1.54) is 19.3 Å². The first kappa shape index (κ1) is 16.0. The first-order valence-corrected chi connectivity index (χ1v) is 15.9. The summed E-state index contributed by atoms with van der Waals surface area (Å²) < 4.78 is 25.8. The maximum absolute atomic E-state index is 13.5. The van der Waals surface area contributed by atoms with Gasteiger partial charge in [-0.05, 0) is 70.4 Å². The van der Waals surface area contributed by atoms with E-state index in [1.54, 1.807) is 0 Å². The molecule has 2 aliphatic carbocycles. The van der Waals surface area contributed by atoms with Gasteiger partial charge in [-0.15, -0.1) is 0 Å². The van der Waals surface area contributed by atoms with E-state index < -0.39 is 24.2 Å². The SMILES string of the molecule is C[Si](C)(C)OP(=O)(O[Si](C)(C)C)[C@@H]1C[C@H]2CC[C@@H]1C2. The molecule has 2 saturated carbocycles. The Bertz CT molecular complexity index is 366. The molecule has 2 fully saturated rings. The van der Waals surface area contributed by atoms with Gasteiger partial charge >= 0.3 is 7.60 Å². The van der Waals surface area contributed by atoms with Gasteiger partial charge in [0, 0.05) is 0 Å². The molecule has 2 aliphatic rings. The summed E-state index contributed by atoms with van der Waals surface area (Å²) in [6, 6.07) is 0. The zero-order valence-corrected chi connectivity index (χ0v) is 16.1. The predicted octanol–water partition coefficient (Wildman–Crippen LogP) is 5.07. The van der Waals surface area contributed by atoms with Gasteiger partial charge in [-0.3, -0.25) is 4.57 Å². The lowest BCUT2D eigenvalue weighted by Gasteiger charge is -2.37. The normalized spacial score (nSPS) is 32.0. The van der Waals surface area contributed by atoms with E-state index in [0.29, 0.717) is 5.92 Å². The lowest BCUT2D eigenvalue weighted by atomic mass is 10.0. The zero-order chi connectivity index (χ0) is 14.5. The Morgan fingerprint density at radius 1 is 0.895 bits per heavy atom. The molecule has 0 amide bonds. The largest absolute Gasteiger partial charge is 0.351 e. The molecule has 112 valence electrons. The molecule has 2 bridgehead atoms. The van der Waals surface area contributed by atoms with Gasteiger partial charge in [0.25, 0.3) is 0 Å². The third kappa shape index (κ3) is 4.04. The van der Waals surface area contributed by atoms with Gasteiger partial charge in [-0.25, -0.2) is 0 Å². The van der Waals surface area contributed by atoms with E-state index in [4.69, 9.17) is 8.43 Å². The Morgan fingerprint density at radius 2 is 1.42 bits per heavy atom. The van der Waals surface area contributed by atoms with Gasteiger partial charge in [0.1, 0.15) is 0 Å². The number of fused-ring (bicyclic) bond motifs is 2. The molecule has 0 N–H and O–H groups in total. The maximum Gasteiger partial charge on any atom is 0.314 e. The smallest absolute Gasteiger partial charge is 0.314 e. The molecular weight excluding hydrogens is 291 g/mol. The molecule has 0 aromatic rings. The van der Waals surface area contributed by atoms with Crippen LogP contribution in [0.4, 0.5) is 0 Å². The fourth-order valence-corrected chi connectivity index (χ4v) is 12.5. The van der Waals surface area contributed by atoms with E-state index >= 15 is 0 Å². The summed E-state index contributed by atoms with van der Waals surface area (Å²) in [6.07, 6.45) is 4.86. The van der Waals surface area contributed by atoms with Gasteiger partial charge < -0.3 is 8.43 Å². The standard InChI is InChI=1S/C13H29O3PSi2/c1-18(2,3)15-17(14,16-19(4,5)6)13-10-11-7-8-12(13)9-11/h11-13H,7-10H2,1-6H3/t11-,12+,13+/m0/s1. The quantitative estimate of drug-likeness (QED) is 0.524. The van der Waals surface area contributed by atoms with Crippen molar-refractivity contribution in [3.8, 4) is 0 Å². The van der Waals surface area contributed by atoms with Crippen LogP contribution in [0.3, 0.4) is 0 Å². The van der Waals surface area contributed by atoms with Crippen LogP contribution in [0.15, 0.2) is 0 Å². The third-order valence-corrected chi connectivity index (χ3v) is 11.8. The second kappa shape index (κ2) is 5.09. The van der Waals surface area contributed by atoms with Crippen LogP contribution in [0, 0.1) is 11.8 Å². The molecule has 6 heteroatoms. The molecule has 3 nitrogen and oxygen atoms in total. The van der Waals surface area contributed by atoms with Crippen molar-refractivity contribution in [2.75, 3.05) is 0 Å². The number of hydrogen-bond acceptors (Lipinski definition) is 3. The van der Waals surface area contributed by atoms with Crippen molar-refractivity contribution in [2.45, 2.75) is 70.6 Å². The summed E-state index contributed by atoms with van der Waals surface area (Å²) >= 11 is 0. The van der Waals surface area contributed by atoms with Crippen molar-refractivity contribution in [3.05, 3.63) is 0 Å². The highest BCUT2D eigenvalue weighted by Gasteiger charge is 2.52. The molecule has 0 spiro atoms. The third-order valence-electron chi connectivity index (χ3n) is 3.91. The van der Waals surface area contributed by atoms with Crippen LogP contribution in [0.2, 0.25) is 39.3 Å². The Labute approximate surface area is 120 Å². The summed E-state index contributed by atoms with van der Waals surface area (Å²) in [5.74, 6) is 1.36. The van der Waals surface area contributed by atoms with E-state index in [0.717, 1.165) is 12.3 Å². The van der Waals surface area contributed by atoms with E-state index in [2.05, 4.69) is 39.3 Å². The van der Waals surface area contributed by atoms with Crippen molar-refractivity contribution < 1.29 is 13.0 Å². The summed E-state index contributed by atoms with van der Waals surface area (Å²) in [5, 5.41) is 0. The highest BCUT2D eigenvalue weighted by molar-refractivity contribution is 7.57. The second-order valence-corrected chi connectivity index (χ2v) is 19.8. The van der Waals surface area contributed by atoms with Crippen LogP contribution >= 0.6 is 7.60 Å². The van der Waals surface area contributed by atoms with Crippen LogP contribution in [0.5, 0.6) is 0 Å². The molecule has 2 rings (SSSR count). The number of rotatable bonds is 5. The Morgan fingerprint density at radius 3 is 1.74 bits per heavy atom. The lowest BCUT2D eigenvalue weighted by Crippen LogP contribution is -2.34. The van der Waals surface area contributed by atoms with Gasteiger partial charge in [-0.1, -0.05) is 6.42 Å². The minimum absolute atomic E-state index is 0.185. The predicted molar refractivity (Wildman–Crippen MR) is 85.7 cm³/mol. The summed E-state index contributed by atoms with van der Waals surface area (Å²) in [7, 11) is -6.64. The molecule has 19 heavy (non-hydrogen) atoms. The van der Waals surface area contributed by atoms with Crippen molar-refractivity contribution >= 4 is 24.2 Å². The highest BCUT2D eigenvalue weighted by atomic mass is 31.2. The molecule has 0 heterocycles. The van der Waals surface area contributed by atoms with Gasteiger partial charge in [-0.2, -0.15) is 0 Å². The molecular formula is C13H29O3PSi2. The van der Waals surface area contributed by atoms with Crippen molar-refractivity contribution in [2.24, 2.45) is 11.8 Å². The van der Waals surface area contributed by atoms with E-state index in [1.807, 2.05) is 0 Å². The van der Waals surface area contributed by atoms with Gasteiger partial charge in [0.05, 0.1) is 5.66 Å². The zero-order valence-electron chi connectivity index (χ0n) is 13.2. The fourth-order valence-electron chi connectivity index (χ4n) is 3.52. The Hall–Kier alpha value is 0.584. The lowest BCUT2D eigenvalue weighted by molar-refractivity contribution is 0.340. The first-order valence-electron chi connectivity index (χ1n) is 7.50. The molecule has 0 aliphatic heterocycles. The Kier molecular flexibility index (Phi) is 4.28. The fraction of sp³-hybridized carbons (Fsp3) is 1.00. The second-order valence-electron chi connectivity index (χ2n) is 8.19. The minimum atomic E-state index is -2.93. The monoisotopic (exact) mass is 320 g/mol. The average molecular weight is 321 g/mol. The summed E-state index contributed by atoms with van der Waals surface area (Å²) in [4.78, 5) is 0. The Balaban J connectivity index is 2.21. The van der Waals surface area contributed by atoms with Crippen LogP contribution < -0.4 is 0 Å². The molecule has 0 radical (unpaired) electrons. The highest BCUT2D eigenvalue weighted by Crippen LogP contribution is 2.66.